The predicted molar refractivity (Wildman–Crippen MR) is 87.1 cm³/mol. The average molecular weight is 332 g/mol. The Kier molecular flexibility index (Phi) is 5.10. The van der Waals surface area contributed by atoms with E-state index in [2.05, 4.69) is 10.0 Å². The van der Waals surface area contributed by atoms with E-state index in [0.717, 1.165) is 11.4 Å². The largest absolute Gasteiger partial charge is 0.309 e. The Morgan fingerprint density at radius 2 is 2.00 bits per heavy atom. The molecule has 0 amide bonds. The van der Waals surface area contributed by atoms with Gasteiger partial charge < -0.3 is 10.2 Å². The summed E-state index contributed by atoms with van der Waals surface area (Å²) in [5.41, 5.74) is -0.222. The van der Waals surface area contributed by atoms with Gasteiger partial charge in [0.25, 0.3) is 0 Å². The van der Waals surface area contributed by atoms with Crippen molar-refractivity contribution in [3.63, 3.8) is 0 Å². The van der Waals surface area contributed by atoms with Gasteiger partial charge in [-0.15, -0.1) is 11.3 Å². The van der Waals surface area contributed by atoms with Crippen LogP contribution in [0.2, 0.25) is 0 Å². The van der Waals surface area contributed by atoms with Crippen LogP contribution in [0.4, 0.5) is 0 Å². The van der Waals surface area contributed by atoms with E-state index in [1.165, 1.54) is 24.2 Å². The molecule has 1 saturated carbocycles. The van der Waals surface area contributed by atoms with E-state index in [-0.39, 0.29) is 5.54 Å². The fourth-order valence-electron chi connectivity index (χ4n) is 1.63. The van der Waals surface area contributed by atoms with Crippen molar-refractivity contribution in [3.8, 4) is 0 Å². The molecular weight excluding hydrogens is 306 g/mol. The number of nitrogens with zero attached hydrogens (tertiary/aromatic N) is 1. The standard InChI is InChI=1S/C14H25N3O2S2/c1-14(2,17(3)4)10-16-21(18,19)13-8-7-12(20-13)9-15-11-5-6-11/h7-8,11,15-16H,5-6,9-10H2,1-4H3. The van der Waals surface area contributed by atoms with E-state index in [1.54, 1.807) is 6.07 Å². The summed E-state index contributed by atoms with van der Waals surface area (Å²) in [7, 11) is 0.476. The number of thiophene rings is 1. The second-order valence-corrected chi connectivity index (χ2v) is 9.57. The molecule has 0 atom stereocenters. The van der Waals surface area contributed by atoms with E-state index in [1.807, 2.05) is 38.9 Å². The Labute approximate surface area is 131 Å². The van der Waals surface area contributed by atoms with Gasteiger partial charge in [-0.1, -0.05) is 0 Å². The van der Waals surface area contributed by atoms with Gasteiger partial charge in [-0.25, -0.2) is 13.1 Å². The van der Waals surface area contributed by atoms with Crippen LogP contribution >= 0.6 is 11.3 Å². The Balaban J connectivity index is 1.95. The zero-order valence-electron chi connectivity index (χ0n) is 13.1. The Morgan fingerprint density at radius 3 is 2.57 bits per heavy atom. The van der Waals surface area contributed by atoms with Crippen molar-refractivity contribution < 1.29 is 8.42 Å². The Morgan fingerprint density at radius 1 is 1.33 bits per heavy atom. The average Bonchev–Trinajstić information content (AvgIpc) is 3.10. The second kappa shape index (κ2) is 6.34. The summed E-state index contributed by atoms with van der Waals surface area (Å²) in [5, 5.41) is 3.40. The monoisotopic (exact) mass is 331 g/mol. The maximum atomic E-state index is 12.3. The minimum atomic E-state index is -3.42. The van der Waals surface area contributed by atoms with E-state index in [4.69, 9.17) is 0 Å². The van der Waals surface area contributed by atoms with E-state index in [0.29, 0.717) is 16.8 Å². The molecule has 0 spiro atoms. The van der Waals surface area contributed by atoms with Gasteiger partial charge in [0.05, 0.1) is 0 Å². The molecule has 1 aliphatic carbocycles. The molecule has 1 heterocycles. The number of rotatable bonds is 8. The zero-order valence-corrected chi connectivity index (χ0v) is 14.8. The van der Waals surface area contributed by atoms with Crippen molar-refractivity contribution >= 4 is 21.4 Å². The van der Waals surface area contributed by atoms with Gasteiger partial charge in [-0.05, 0) is 52.9 Å². The highest BCUT2D eigenvalue weighted by Gasteiger charge is 2.25. The fraction of sp³-hybridized carbons (Fsp3) is 0.714. The van der Waals surface area contributed by atoms with Crippen molar-refractivity contribution in [1.82, 2.24) is 14.9 Å². The van der Waals surface area contributed by atoms with Crippen LogP contribution in [0.5, 0.6) is 0 Å². The van der Waals surface area contributed by atoms with Gasteiger partial charge in [0.15, 0.2) is 0 Å². The lowest BCUT2D eigenvalue weighted by molar-refractivity contribution is 0.199. The Bertz CT molecular complexity index is 575. The van der Waals surface area contributed by atoms with Crippen LogP contribution in [0, 0.1) is 0 Å². The summed E-state index contributed by atoms with van der Waals surface area (Å²) in [5.74, 6) is 0. The first-order chi connectivity index (χ1) is 9.71. The summed E-state index contributed by atoms with van der Waals surface area (Å²) in [6, 6.07) is 4.22. The van der Waals surface area contributed by atoms with Crippen molar-refractivity contribution in [1.29, 1.82) is 0 Å². The van der Waals surface area contributed by atoms with E-state index in [9.17, 15) is 8.42 Å². The zero-order chi connectivity index (χ0) is 15.7. The number of hydrogen-bond acceptors (Lipinski definition) is 5. The lowest BCUT2D eigenvalue weighted by atomic mass is 10.1. The van der Waals surface area contributed by atoms with E-state index < -0.39 is 10.0 Å². The molecule has 0 bridgehead atoms. The van der Waals surface area contributed by atoms with Crippen molar-refractivity contribution in [3.05, 3.63) is 17.0 Å². The topological polar surface area (TPSA) is 61.4 Å². The highest BCUT2D eigenvalue weighted by molar-refractivity contribution is 7.91. The van der Waals surface area contributed by atoms with Crippen LogP contribution in [0.15, 0.2) is 16.3 Å². The Hall–Kier alpha value is -0.470. The minimum Gasteiger partial charge on any atom is -0.309 e. The fourth-order valence-corrected chi connectivity index (χ4v) is 4.19. The molecule has 7 heteroatoms. The molecule has 1 aromatic heterocycles. The summed E-state index contributed by atoms with van der Waals surface area (Å²) in [6.45, 7) is 5.16. The molecule has 0 aromatic carbocycles. The molecule has 1 aliphatic rings. The molecule has 21 heavy (non-hydrogen) atoms. The lowest BCUT2D eigenvalue weighted by Crippen LogP contribution is -2.47. The van der Waals surface area contributed by atoms with Crippen molar-refractivity contribution in [2.24, 2.45) is 0 Å². The molecule has 0 unspecified atom stereocenters. The van der Waals surface area contributed by atoms with Crippen LogP contribution < -0.4 is 10.0 Å². The first kappa shape index (κ1) is 16.9. The smallest absolute Gasteiger partial charge is 0.250 e. The van der Waals surface area contributed by atoms with Gasteiger partial charge in [0.1, 0.15) is 4.21 Å². The molecule has 120 valence electrons. The van der Waals surface area contributed by atoms with Gasteiger partial charge in [0, 0.05) is 29.5 Å². The van der Waals surface area contributed by atoms with Crippen molar-refractivity contribution in [2.75, 3.05) is 20.6 Å². The number of hydrogen-bond donors (Lipinski definition) is 2. The van der Waals surface area contributed by atoms with Gasteiger partial charge in [-0.2, -0.15) is 0 Å². The number of sulfonamides is 1. The molecule has 0 saturated heterocycles. The second-order valence-electron chi connectivity index (χ2n) is 6.41. The maximum Gasteiger partial charge on any atom is 0.250 e. The van der Waals surface area contributed by atoms with Gasteiger partial charge in [-0.3, -0.25) is 0 Å². The molecule has 0 radical (unpaired) electrons. The number of likely N-dealkylation sites (N-methyl/N-ethyl adjacent to an activating group) is 1. The summed E-state index contributed by atoms with van der Waals surface area (Å²) >= 11 is 1.34. The van der Waals surface area contributed by atoms with Crippen molar-refractivity contribution in [2.45, 2.75) is 49.0 Å². The molecular formula is C14H25N3O2S2. The van der Waals surface area contributed by atoms with Crippen LogP contribution in [0.25, 0.3) is 0 Å². The first-order valence-electron chi connectivity index (χ1n) is 7.20. The molecule has 1 fully saturated rings. The highest BCUT2D eigenvalue weighted by atomic mass is 32.2. The highest BCUT2D eigenvalue weighted by Crippen LogP contribution is 2.24. The molecule has 2 N–H and O–H groups in total. The number of nitrogens with one attached hydrogen (secondary N) is 2. The van der Waals surface area contributed by atoms with Crippen LogP contribution in [0.1, 0.15) is 31.6 Å². The van der Waals surface area contributed by atoms with Crippen LogP contribution in [0.3, 0.4) is 0 Å². The SMILES string of the molecule is CN(C)C(C)(C)CNS(=O)(=O)c1ccc(CNC2CC2)s1. The minimum absolute atomic E-state index is 0.222. The predicted octanol–water partition coefficient (Wildman–Crippen LogP) is 1.62. The van der Waals surface area contributed by atoms with E-state index >= 15 is 0 Å². The summed E-state index contributed by atoms with van der Waals surface area (Å²) in [4.78, 5) is 3.07. The molecule has 0 aliphatic heterocycles. The molecule has 5 nitrogen and oxygen atoms in total. The summed E-state index contributed by atoms with van der Waals surface area (Å²) in [6.07, 6.45) is 2.47. The summed E-state index contributed by atoms with van der Waals surface area (Å²) < 4.78 is 27.8. The normalized spacial score (nSPS) is 16.6. The molecule has 1 aromatic rings. The third-order valence-electron chi connectivity index (χ3n) is 3.95. The lowest BCUT2D eigenvalue weighted by Gasteiger charge is -2.32. The van der Waals surface area contributed by atoms with Gasteiger partial charge in [0.2, 0.25) is 10.0 Å². The van der Waals surface area contributed by atoms with Gasteiger partial charge >= 0.3 is 0 Å². The molecule has 2 rings (SSSR count). The maximum absolute atomic E-state index is 12.3. The van der Waals surface area contributed by atoms with Crippen LogP contribution in [-0.2, 0) is 16.6 Å². The first-order valence-corrected chi connectivity index (χ1v) is 9.50. The quantitative estimate of drug-likeness (QED) is 0.760. The third kappa shape index (κ3) is 4.75. The van der Waals surface area contributed by atoms with Crippen LogP contribution in [-0.4, -0.2) is 45.5 Å². The third-order valence-corrected chi connectivity index (χ3v) is 6.93.